The van der Waals surface area contributed by atoms with Crippen molar-refractivity contribution < 1.29 is 8.42 Å². The summed E-state index contributed by atoms with van der Waals surface area (Å²) in [5.41, 5.74) is 1.18. The molecule has 0 bridgehead atoms. The lowest BCUT2D eigenvalue weighted by atomic mass is 10.4. The molecular weight excluding hydrogens is 246 g/mol. The van der Waals surface area contributed by atoms with E-state index in [1.165, 1.54) is 11.3 Å². The first-order valence-corrected chi connectivity index (χ1v) is 7.00. The summed E-state index contributed by atoms with van der Waals surface area (Å²) in [6.45, 7) is 0. The fourth-order valence-electron chi connectivity index (χ4n) is 1.19. The van der Waals surface area contributed by atoms with E-state index in [2.05, 4.69) is 9.97 Å². The van der Waals surface area contributed by atoms with E-state index in [0.717, 1.165) is 5.69 Å². The Morgan fingerprint density at radius 3 is 2.81 bits per heavy atom. The molecule has 0 atom stereocenters. The lowest BCUT2D eigenvalue weighted by molar-refractivity contribution is 0.596. The molecule has 2 rings (SSSR count). The molecule has 0 amide bonds. The van der Waals surface area contributed by atoms with Crippen LogP contribution in [0.2, 0.25) is 0 Å². The first-order valence-electron chi connectivity index (χ1n) is 4.41. The van der Waals surface area contributed by atoms with Crippen molar-refractivity contribution in [3.63, 3.8) is 0 Å². The minimum Gasteiger partial charge on any atom is -0.254 e. The Morgan fingerprint density at radius 1 is 1.38 bits per heavy atom. The molecule has 0 aliphatic carbocycles. The summed E-state index contributed by atoms with van der Waals surface area (Å²) >= 11 is 1.35. The predicted octanol–water partition coefficient (Wildman–Crippen LogP) is 0.994. The molecule has 0 radical (unpaired) electrons. The maximum atomic E-state index is 10.9. The zero-order valence-electron chi connectivity index (χ0n) is 8.20. The molecule has 0 spiro atoms. The van der Waals surface area contributed by atoms with Crippen LogP contribution in [0.1, 0.15) is 5.69 Å². The van der Waals surface area contributed by atoms with Crippen molar-refractivity contribution in [2.75, 3.05) is 0 Å². The minimum atomic E-state index is -3.52. The highest BCUT2D eigenvalue weighted by molar-refractivity contribution is 7.88. The summed E-state index contributed by atoms with van der Waals surface area (Å²) in [7, 11) is -3.52. The van der Waals surface area contributed by atoms with Gasteiger partial charge in [-0.3, -0.25) is 4.98 Å². The number of nitrogens with zero attached hydrogens (tertiary/aromatic N) is 2. The van der Waals surface area contributed by atoms with Crippen molar-refractivity contribution in [2.24, 2.45) is 5.14 Å². The number of hydrogen-bond donors (Lipinski definition) is 1. The van der Waals surface area contributed by atoms with Crippen LogP contribution in [-0.4, -0.2) is 18.4 Å². The van der Waals surface area contributed by atoms with Gasteiger partial charge in [0.1, 0.15) is 10.8 Å². The number of aromatic nitrogens is 2. The molecule has 2 N–H and O–H groups in total. The van der Waals surface area contributed by atoms with Crippen molar-refractivity contribution in [1.29, 1.82) is 0 Å². The molecule has 0 aromatic carbocycles. The average molecular weight is 255 g/mol. The van der Waals surface area contributed by atoms with Gasteiger partial charge in [-0.05, 0) is 12.1 Å². The van der Waals surface area contributed by atoms with E-state index < -0.39 is 10.0 Å². The van der Waals surface area contributed by atoms with Gasteiger partial charge < -0.3 is 0 Å². The predicted molar refractivity (Wildman–Crippen MR) is 62.2 cm³/mol. The first-order chi connectivity index (χ1) is 7.54. The van der Waals surface area contributed by atoms with Gasteiger partial charge in [0.25, 0.3) is 0 Å². The Labute approximate surface area is 97.0 Å². The number of pyridine rings is 1. The van der Waals surface area contributed by atoms with E-state index in [9.17, 15) is 8.42 Å². The lowest BCUT2D eigenvalue weighted by Gasteiger charge is -1.93. The number of primary sulfonamides is 1. The Bertz CT molecular complexity index is 578. The summed E-state index contributed by atoms with van der Waals surface area (Å²) in [5.74, 6) is -0.240. The highest BCUT2D eigenvalue weighted by atomic mass is 32.2. The van der Waals surface area contributed by atoms with Gasteiger partial charge in [-0.15, -0.1) is 11.3 Å². The second-order valence-corrected chi connectivity index (χ2v) is 5.64. The van der Waals surface area contributed by atoms with Gasteiger partial charge in [0, 0.05) is 11.6 Å². The van der Waals surface area contributed by atoms with E-state index >= 15 is 0 Å². The van der Waals surface area contributed by atoms with Gasteiger partial charge in [0.15, 0.2) is 0 Å². The smallest absolute Gasteiger partial charge is 0.214 e. The van der Waals surface area contributed by atoms with Crippen LogP contribution in [0.4, 0.5) is 0 Å². The number of thiazole rings is 1. The van der Waals surface area contributed by atoms with E-state index in [0.29, 0.717) is 10.7 Å². The van der Waals surface area contributed by atoms with Crippen molar-refractivity contribution in [1.82, 2.24) is 9.97 Å². The Balaban J connectivity index is 2.27. The van der Waals surface area contributed by atoms with Crippen molar-refractivity contribution >= 4 is 21.4 Å². The third kappa shape index (κ3) is 2.84. The molecule has 0 unspecified atom stereocenters. The molecule has 2 heterocycles. The molecular formula is C9H9N3O2S2. The maximum Gasteiger partial charge on any atom is 0.214 e. The van der Waals surface area contributed by atoms with Gasteiger partial charge in [-0.2, -0.15) is 0 Å². The zero-order chi connectivity index (χ0) is 11.6. The zero-order valence-corrected chi connectivity index (χ0v) is 9.83. The Hall–Kier alpha value is -1.31. The van der Waals surface area contributed by atoms with Gasteiger partial charge in [-0.1, -0.05) is 6.07 Å². The van der Waals surface area contributed by atoms with Crippen LogP contribution < -0.4 is 5.14 Å². The minimum absolute atomic E-state index is 0.240. The average Bonchev–Trinajstić information content (AvgIpc) is 2.65. The van der Waals surface area contributed by atoms with Crippen molar-refractivity contribution in [3.8, 4) is 10.7 Å². The summed E-state index contributed by atoms with van der Waals surface area (Å²) in [6.07, 6.45) is 1.66. The molecule has 0 fully saturated rings. The normalized spacial score (nSPS) is 11.6. The quantitative estimate of drug-likeness (QED) is 0.886. The van der Waals surface area contributed by atoms with Crippen LogP contribution in [0.15, 0.2) is 29.8 Å². The van der Waals surface area contributed by atoms with E-state index in [-0.39, 0.29) is 5.75 Å². The van der Waals surface area contributed by atoms with Gasteiger partial charge >= 0.3 is 0 Å². The molecule has 84 valence electrons. The maximum absolute atomic E-state index is 10.9. The van der Waals surface area contributed by atoms with E-state index in [1.54, 1.807) is 11.6 Å². The summed E-state index contributed by atoms with van der Waals surface area (Å²) in [5, 5.41) is 7.31. The van der Waals surface area contributed by atoms with Crippen LogP contribution in [-0.2, 0) is 15.8 Å². The highest BCUT2D eigenvalue weighted by Crippen LogP contribution is 2.21. The summed E-state index contributed by atoms with van der Waals surface area (Å²) in [6, 6.07) is 5.48. The molecule has 5 nitrogen and oxygen atoms in total. The molecule has 0 saturated carbocycles. The SMILES string of the molecule is NS(=O)(=O)Cc1csc(-c2ccccn2)n1. The fraction of sp³-hybridized carbons (Fsp3) is 0.111. The van der Waals surface area contributed by atoms with E-state index in [4.69, 9.17) is 5.14 Å². The van der Waals surface area contributed by atoms with Gasteiger partial charge in [0.2, 0.25) is 10.0 Å². The van der Waals surface area contributed by atoms with Crippen molar-refractivity contribution in [2.45, 2.75) is 5.75 Å². The number of nitrogens with two attached hydrogens (primary N) is 1. The second kappa shape index (κ2) is 4.28. The molecule has 0 saturated heterocycles. The highest BCUT2D eigenvalue weighted by Gasteiger charge is 2.10. The Kier molecular flexibility index (Phi) is 2.99. The molecule has 0 aliphatic heterocycles. The largest absolute Gasteiger partial charge is 0.254 e. The second-order valence-electron chi connectivity index (χ2n) is 3.17. The van der Waals surface area contributed by atoms with Crippen LogP contribution in [0, 0.1) is 0 Å². The van der Waals surface area contributed by atoms with Crippen LogP contribution >= 0.6 is 11.3 Å². The Morgan fingerprint density at radius 2 is 2.19 bits per heavy atom. The monoisotopic (exact) mass is 255 g/mol. The number of rotatable bonds is 3. The number of hydrogen-bond acceptors (Lipinski definition) is 5. The lowest BCUT2D eigenvalue weighted by Crippen LogP contribution is -2.14. The summed E-state index contributed by atoms with van der Waals surface area (Å²) in [4.78, 5) is 8.29. The molecule has 0 aliphatic rings. The van der Waals surface area contributed by atoms with E-state index in [1.807, 2.05) is 18.2 Å². The van der Waals surface area contributed by atoms with Gasteiger partial charge in [-0.25, -0.2) is 18.5 Å². The van der Waals surface area contributed by atoms with Gasteiger partial charge in [0.05, 0.1) is 11.4 Å². The third-order valence-electron chi connectivity index (χ3n) is 1.78. The molecule has 2 aromatic rings. The van der Waals surface area contributed by atoms with Crippen molar-refractivity contribution in [3.05, 3.63) is 35.5 Å². The van der Waals surface area contributed by atoms with Crippen LogP contribution in [0.5, 0.6) is 0 Å². The van der Waals surface area contributed by atoms with Crippen LogP contribution in [0.3, 0.4) is 0 Å². The first kappa shape index (κ1) is 11.2. The summed E-state index contributed by atoms with van der Waals surface area (Å²) < 4.78 is 21.7. The standard InChI is InChI=1S/C9H9N3O2S2/c10-16(13,14)6-7-5-15-9(12-7)8-3-1-2-4-11-8/h1-5H,6H2,(H2,10,13,14). The topological polar surface area (TPSA) is 85.9 Å². The molecule has 16 heavy (non-hydrogen) atoms. The fourth-order valence-corrected chi connectivity index (χ4v) is 2.65. The third-order valence-corrected chi connectivity index (χ3v) is 3.40. The molecule has 2 aromatic heterocycles. The number of sulfonamides is 1. The molecule has 7 heteroatoms. The van der Waals surface area contributed by atoms with Crippen LogP contribution in [0.25, 0.3) is 10.7 Å².